The Balaban J connectivity index is 0.000000168. The van der Waals surface area contributed by atoms with Gasteiger partial charge in [0.05, 0.1) is 75.7 Å². The van der Waals surface area contributed by atoms with E-state index in [0.717, 1.165) is 67.2 Å². The Kier molecular flexibility index (Phi) is 27.5. The van der Waals surface area contributed by atoms with Crippen molar-refractivity contribution in [2.24, 2.45) is 47.5 Å². The number of aliphatic hydroxyl groups is 2. The molecule has 9 aromatic carbocycles. The molecule has 3 aliphatic heterocycles. The normalized spacial score (nSPS) is 16.7. The van der Waals surface area contributed by atoms with Crippen LogP contribution in [-0.2, 0) is 34.0 Å². The van der Waals surface area contributed by atoms with Crippen molar-refractivity contribution in [2.75, 3.05) is 32.8 Å². The van der Waals surface area contributed by atoms with Crippen molar-refractivity contribution >= 4 is 122 Å². The number of benzene rings is 9. The standard InChI is InChI=1S/C27H27Cl2N5O2.C26H25Cl2N5O2.C25H23Cl2N5O/c1-17(35)24(26(30)36)32-27(31-15-18-7-11-21(28)12-8-18)34-16-23(19-5-3-2-4-6-19)25(33-34)20-9-13-22(29)14-10-20;27-20-10-6-17(7-11-20)14-30-26(31-23(16-34)25(29)35)33-15-22(18-4-2-1-3-5-18)24(32-33)19-8-12-21(28)13-9-19;26-20-10-6-17(7-11-20)14-29-25(30-15-23(28)33)32-16-22(18-4-2-1-3-5-18)24(31-32)19-8-12-21(27)13-9-19/h2-14,17,23-24,35H,15-16H2,1H3,(H2,30,36)(H,31,32);1-13,22-23,34H,14-16H2,(H2,29,35)(H,30,31);1-13,22H,14-16H2,(H2,28,33)(H,29,30)/t17-,23+,24-;22-,23+;22-/m011/s1. The lowest BCUT2D eigenvalue weighted by Gasteiger charge is -2.25. The summed E-state index contributed by atoms with van der Waals surface area (Å²) in [6.45, 7) is 3.52. The molecule has 26 heteroatoms. The molecule has 0 radical (unpaired) electrons. The molecule has 0 saturated carbocycles. The van der Waals surface area contributed by atoms with E-state index in [9.17, 15) is 24.6 Å². The fraction of sp³-hybridized carbons (Fsp3) is 0.192. The molecule has 0 aliphatic carbocycles. The average Bonchev–Trinajstić information content (AvgIpc) is 1.66. The summed E-state index contributed by atoms with van der Waals surface area (Å²) in [5.74, 6) is -0.805. The number of rotatable bonds is 20. The van der Waals surface area contributed by atoms with Gasteiger partial charge in [-0.05, 0) is 130 Å². The zero-order valence-corrected chi connectivity index (χ0v) is 60.8. The summed E-state index contributed by atoms with van der Waals surface area (Å²) in [7, 11) is 0. The Hall–Kier alpha value is -10.1. The van der Waals surface area contributed by atoms with E-state index in [2.05, 4.69) is 57.3 Å². The molecule has 20 nitrogen and oxygen atoms in total. The van der Waals surface area contributed by atoms with Crippen LogP contribution >= 0.6 is 69.6 Å². The topological polar surface area (TPSA) is 290 Å². The van der Waals surface area contributed by atoms with Gasteiger partial charge in [0.2, 0.25) is 35.6 Å². The second kappa shape index (κ2) is 37.3. The van der Waals surface area contributed by atoms with E-state index in [1.807, 2.05) is 176 Å². The van der Waals surface area contributed by atoms with Crippen molar-refractivity contribution in [2.45, 2.75) is 62.5 Å². The first-order chi connectivity index (χ1) is 50.2. The lowest BCUT2D eigenvalue weighted by atomic mass is 9.91. The number of aliphatic imine (C=N–C) groups is 3. The number of hydrogen-bond donors (Lipinski definition) is 8. The van der Waals surface area contributed by atoms with Crippen molar-refractivity contribution in [3.8, 4) is 0 Å². The third-order valence-electron chi connectivity index (χ3n) is 16.8. The first kappa shape index (κ1) is 76.5. The SMILES string of the molecule is C[C@H](O)[C@H](NC(=NCc1ccc(Cl)cc1)N1C[C@H](c2ccccc2)C(c2ccc(Cl)cc2)=N1)C(N)=O.NC(=O)CNC(=NCc1ccc(Cl)cc1)N1C[C@H](c2ccccc2)C(c2ccc(Cl)cc2)=N1.NC(=O)[C@H](CO)NC(=NCc1ccc(Cl)cc1)N1C[C@H](c2ccccc2)C(c2ccc(Cl)cc2)=N1. The Morgan fingerprint density at radius 2 is 0.721 bits per heavy atom. The highest BCUT2D eigenvalue weighted by molar-refractivity contribution is 6.32. The minimum atomic E-state index is -1.04. The van der Waals surface area contributed by atoms with Crippen LogP contribution in [0.25, 0.3) is 0 Å². The minimum Gasteiger partial charge on any atom is -0.394 e. The zero-order chi connectivity index (χ0) is 73.7. The Morgan fingerprint density at radius 3 is 1.00 bits per heavy atom. The van der Waals surface area contributed by atoms with Gasteiger partial charge in [0.25, 0.3) is 0 Å². The Labute approximate surface area is 633 Å². The average molecular weight is 1520 g/mol. The molecule has 0 fully saturated rings. The fourth-order valence-electron chi connectivity index (χ4n) is 11.4. The highest BCUT2D eigenvalue weighted by Crippen LogP contribution is 2.33. The summed E-state index contributed by atoms with van der Waals surface area (Å²) in [5.41, 5.74) is 28.0. The van der Waals surface area contributed by atoms with Gasteiger partial charge in [0.15, 0.2) is 0 Å². The van der Waals surface area contributed by atoms with Crippen molar-refractivity contribution in [3.05, 3.63) is 317 Å². The first-order valence-corrected chi connectivity index (χ1v) is 35.3. The van der Waals surface area contributed by atoms with Crippen LogP contribution in [0.2, 0.25) is 30.1 Å². The fourth-order valence-corrected chi connectivity index (χ4v) is 12.1. The number of aliphatic hydroxyl groups excluding tert-OH is 2. The number of hydrazone groups is 3. The molecule has 12 rings (SSSR count). The second-order valence-corrected chi connectivity index (χ2v) is 26.9. The van der Waals surface area contributed by atoms with Crippen LogP contribution in [0.3, 0.4) is 0 Å². The Bertz CT molecular complexity index is 4540. The van der Waals surface area contributed by atoms with Crippen LogP contribution in [0, 0.1) is 0 Å². The third kappa shape index (κ3) is 21.5. The number of halogens is 6. The largest absolute Gasteiger partial charge is 0.394 e. The molecule has 3 amide bonds. The first-order valence-electron chi connectivity index (χ1n) is 33.1. The lowest BCUT2D eigenvalue weighted by Crippen LogP contribution is -2.54. The molecule has 11 N–H and O–H groups in total. The minimum absolute atomic E-state index is 0.0171. The van der Waals surface area contributed by atoms with Gasteiger partial charge in [0, 0.05) is 47.9 Å². The van der Waals surface area contributed by atoms with Gasteiger partial charge in [0.1, 0.15) is 12.1 Å². The number of nitrogens with zero attached hydrogens (tertiary/aromatic N) is 9. The highest BCUT2D eigenvalue weighted by Gasteiger charge is 2.36. The van der Waals surface area contributed by atoms with E-state index >= 15 is 0 Å². The summed E-state index contributed by atoms with van der Waals surface area (Å²) in [5, 5.41) is 52.7. The van der Waals surface area contributed by atoms with E-state index in [1.165, 1.54) is 6.92 Å². The molecule has 534 valence electrons. The highest BCUT2D eigenvalue weighted by atomic mass is 35.5. The molecule has 9 aromatic rings. The molecule has 3 heterocycles. The molecule has 0 aromatic heterocycles. The maximum absolute atomic E-state index is 12.1. The molecular weight excluding hydrogens is 1440 g/mol. The van der Waals surface area contributed by atoms with Crippen molar-refractivity contribution < 1.29 is 24.6 Å². The van der Waals surface area contributed by atoms with Crippen molar-refractivity contribution in [1.82, 2.24) is 31.0 Å². The van der Waals surface area contributed by atoms with Crippen molar-refractivity contribution in [3.63, 3.8) is 0 Å². The number of nitrogens with two attached hydrogens (primary N) is 3. The number of guanidine groups is 3. The van der Waals surface area contributed by atoms with Crippen LogP contribution < -0.4 is 33.2 Å². The molecule has 104 heavy (non-hydrogen) atoms. The van der Waals surface area contributed by atoms with Gasteiger partial charge >= 0.3 is 0 Å². The van der Waals surface area contributed by atoms with E-state index in [4.69, 9.17) is 112 Å². The van der Waals surface area contributed by atoms with Crippen LogP contribution in [0.15, 0.2) is 267 Å². The van der Waals surface area contributed by atoms with Crippen LogP contribution in [0.4, 0.5) is 0 Å². The monoisotopic (exact) mass is 1510 g/mol. The number of carbonyl (C=O) groups is 3. The third-order valence-corrected chi connectivity index (χ3v) is 18.3. The summed E-state index contributed by atoms with van der Waals surface area (Å²) in [6, 6.07) is 73.0. The summed E-state index contributed by atoms with van der Waals surface area (Å²) < 4.78 is 0. The van der Waals surface area contributed by atoms with E-state index in [0.29, 0.717) is 87.3 Å². The predicted molar refractivity (Wildman–Crippen MR) is 418 cm³/mol. The maximum atomic E-state index is 12.1. The van der Waals surface area contributed by atoms with Gasteiger partial charge < -0.3 is 43.4 Å². The summed E-state index contributed by atoms with van der Waals surface area (Å²) in [6.07, 6.45) is -1.03. The van der Waals surface area contributed by atoms with Crippen molar-refractivity contribution in [1.29, 1.82) is 0 Å². The summed E-state index contributed by atoms with van der Waals surface area (Å²) >= 11 is 36.3. The number of primary amides is 3. The number of carbonyl (C=O) groups excluding carboxylic acids is 3. The molecule has 0 bridgehead atoms. The predicted octanol–water partition coefficient (Wildman–Crippen LogP) is 12.4. The van der Waals surface area contributed by atoms with Gasteiger partial charge in [-0.15, -0.1) is 0 Å². The molecule has 0 spiro atoms. The number of amides is 3. The number of hydrogen-bond acceptors (Lipinski definition) is 11. The zero-order valence-electron chi connectivity index (χ0n) is 56.3. The van der Waals surface area contributed by atoms with Crippen LogP contribution in [0.1, 0.15) is 74.7 Å². The molecule has 3 aliphatic rings. The smallest absolute Gasteiger partial charge is 0.242 e. The lowest BCUT2D eigenvalue weighted by molar-refractivity contribution is -0.122. The molecule has 0 saturated heterocycles. The number of nitrogens with one attached hydrogen (secondary N) is 3. The van der Waals surface area contributed by atoms with E-state index < -0.39 is 42.5 Å². The molecule has 0 unspecified atom stereocenters. The quantitative estimate of drug-likeness (QED) is 0.0262. The van der Waals surface area contributed by atoms with E-state index in [1.54, 1.807) is 39.3 Å². The molecular formula is C78H75Cl6N15O5. The van der Waals surface area contributed by atoms with Gasteiger partial charge in [-0.3, -0.25) is 14.4 Å². The second-order valence-electron chi connectivity index (χ2n) is 24.3. The van der Waals surface area contributed by atoms with Gasteiger partial charge in [-0.25, -0.2) is 30.0 Å². The Morgan fingerprint density at radius 1 is 0.433 bits per heavy atom. The molecule has 6 atom stereocenters. The van der Waals surface area contributed by atoms with Crippen LogP contribution in [0.5, 0.6) is 0 Å². The van der Waals surface area contributed by atoms with E-state index in [-0.39, 0.29) is 24.3 Å². The maximum Gasteiger partial charge on any atom is 0.242 e. The van der Waals surface area contributed by atoms with Crippen LogP contribution in [-0.4, -0.2) is 129 Å². The summed E-state index contributed by atoms with van der Waals surface area (Å²) in [4.78, 5) is 49.5. The van der Waals surface area contributed by atoms with Gasteiger partial charge in [-0.2, -0.15) is 15.3 Å². The van der Waals surface area contributed by atoms with Gasteiger partial charge in [-0.1, -0.05) is 233 Å².